The molecule has 0 aliphatic heterocycles. The van der Waals surface area contributed by atoms with Gasteiger partial charge in [-0.15, -0.1) is 0 Å². The maximum Gasteiger partial charge on any atom is 0.228 e. The predicted octanol–water partition coefficient (Wildman–Crippen LogP) is 4.53. The van der Waals surface area contributed by atoms with Gasteiger partial charge in [-0.2, -0.15) is 0 Å². The van der Waals surface area contributed by atoms with Crippen molar-refractivity contribution in [3.05, 3.63) is 59.4 Å². The van der Waals surface area contributed by atoms with E-state index in [1.165, 1.54) is 5.56 Å². The van der Waals surface area contributed by atoms with E-state index in [2.05, 4.69) is 20.4 Å². The van der Waals surface area contributed by atoms with E-state index < -0.39 is 0 Å². The van der Waals surface area contributed by atoms with Crippen molar-refractivity contribution in [2.45, 2.75) is 20.4 Å². The first-order valence-corrected chi connectivity index (χ1v) is 9.25. The van der Waals surface area contributed by atoms with Crippen LogP contribution in [-0.2, 0) is 6.54 Å². The largest absolute Gasteiger partial charge is 0.497 e. The van der Waals surface area contributed by atoms with Crippen LogP contribution in [0, 0.1) is 13.8 Å². The number of rotatable bonds is 6. The molecule has 0 bridgehead atoms. The monoisotopic (exact) mass is 390 g/mol. The van der Waals surface area contributed by atoms with Gasteiger partial charge in [-0.25, -0.2) is 9.97 Å². The maximum absolute atomic E-state index is 5.61. The van der Waals surface area contributed by atoms with Crippen molar-refractivity contribution in [3.8, 4) is 22.8 Å². The Balaban J connectivity index is 1.67. The zero-order valence-corrected chi connectivity index (χ0v) is 16.8. The molecule has 4 aromatic rings. The SMILES string of the molecule is COc1ccc(CNc2nc(C)nc3c(-c4ccc(C)cc4)noc23)c(OC)c1. The molecule has 0 aliphatic rings. The summed E-state index contributed by atoms with van der Waals surface area (Å²) >= 11 is 0. The summed E-state index contributed by atoms with van der Waals surface area (Å²) in [6.07, 6.45) is 0. The Hall–Kier alpha value is -3.61. The number of nitrogens with zero attached hydrogens (tertiary/aromatic N) is 3. The molecule has 148 valence electrons. The lowest BCUT2D eigenvalue weighted by Crippen LogP contribution is -2.05. The third kappa shape index (κ3) is 3.71. The van der Waals surface area contributed by atoms with Crippen LogP contribution in [0.15, 0.2) is 47.0 Å². The van der Waals surface area contributed by atoms with Gasteiger partial charge in [-0.05, 0) is 26.0 Å². The van der Waals surface area contributed by atoms with Crippen molar-refractivity contribution in [2.24, 2.45) is 0 Å². The second-order valence-corrected chi connectivity index (χ2v) is 6.73. The van der Waals surface area contributed by atoms with Gasteiger partial charge in [0.15, 0.2) is 5.82 Å². The van der Waals surface area contributed by atoms with Gasteiger partial charge in [0.1, 0.15) is 28.5 Å². The summed E-state index contributed by atoms with van der Waals surface area (Å²) < 4.78 is 16.3. The number of fused-ring (bicyclic) bond motifs is 1. The lowest BCUT2D eigenvalue weighted by molar-refractivity contribution is 0.391. The van der Waals surface area contributed by atoms with E-state index in [0.29, 0.717) is 35.0 Å². The van der Waals surface area contributed by atoms with Crippen LogP contribution < -0.4 is 14.8 Å². The Morgan fingerprint density at radius 1 is 0.966 bits per heavy atom. The first kappa shape index (κ1) is 18.7. The van der Waals surface area contributed by atoms with Crippen molar-refractivity contribution in [2.75, 3.05) is 19.5 Å². The number of nitrogens with one attached hydrogen (secondary N) is 1. The molecule has 2 aromatic heterocycles. The Kier molecular flexibility index (Phi) is 5.03. The Labute approximate surface area is 168 Å². The van der Waals surface area contributed by atoms with Crippen molar-refractivity contribution in [3.63, 3.8) is 0 Å². The predicted molar refractivity (Wildman–Crippen MR) is 111 cm³/mol. The summed E-state index contributed by atoms with van der Waals surface area (Å²) in [5.41, 5.74) is 5.02. The lowest BCUT2D eigenvalue weighted by atomic mass is 10.1. The second kappa shape index (κ2) is 7.79. The first-order chi connectivity index (χ1) is 14.1. The molecule has 2 aromatic carbocycles. The minimum Gasteiger partial charge on any atom is -0.497 e. The minimum absolute atomic E-state index is 0.499. The highest BCUT2D eigenvalue weighted by molar-refractivity contribution is 5.93. The van der Waals surface area contributed by atoms with Crippen molar-refractivity contribution in [1.29, 1.82) is 0 Å². The summed E-state index contributed by atoms with van der Waals surface area (Å²) in [4.78, 5) is 9.06. The average Bonchev–Trinajstić information content (AvgIpc) is 3.16. The molecular formula is C22H22N4O3. The highest BCUT2D eigenvalue weighted by Crippen LogP contribution is 2.31. The minimum atomic E-state index is 0.499. The van der Waals surface area contributed by atoms with E-state index in [9.17, 15) is 0 Å². The molecule has 0 aliphatic carbocycles. The molecule has 0 saturated carbocycles. The molecule has 4 rings (SSSR count). The van der Waals surface area contributed by atoms with Crippen LogP contribution >= 0.6 is 0 Å². The highest BCUT2D eigenvalue weighted by atomic mass is 16.5. The van der Waals surface area contributed by atoms with Crippen LogP contribution in [0.25, 0.3) is 22.4 Å². The number of anilines is 1. The average molecular weight is 390 g/mol. The van der Waals surface area contributed by atoms with Crippen molar-refractivity contribution < 1.29 is 14.0 Å². The Bertz CT molecular complexity index is 1150. The van der Waals surface area contributed by atoms with Gasteiger partial charge in [0.2, 0.25) is 5.58 Å². The summed E-state index contributed by atoms with van der Waals surface area (Å²) in [5.74, 6) is 2.70. The molecule has 0 atom stereocenters. The smallest absolute Gasteiger partial charge is 0.228 e. The van der Waals surface area contributed by atoms with Gasteiger partial charge in [0.05, 0.1) is 14.2 Å². The highest BCUT2D eigenvalue weighted by Gasteiger charge is 2.18. The molecule has 0 unspecified atom stereocenters. The van der Waals surface area contributed by atoms with Crippen LogP contribution in [0.3, 0.4) is 0 Å². The summed E-state index contributed by atoms with van der Waals surface area (Å²) in [6, 6.07) is 13.8. The number of aromatic nitrogens is 3. The summed E-state index contributed by atoms with van der Waals surface area (Å²) in [6.45, 7) is 4.40. The fraction of sp³-hybridized carbons (Fsp3) is 0.227. The van der Waals surface area contributed by atoms with E-state index in [1.54, 1.807) is 14.2 Å². The summed E-state index contributed by atoms with van der Waals surface area (Å²) in [7, 11) is 3.26. The second-order valence-electron chi connectivity index (χ2n) is 6.73. The molecule has 0 fully saturated rings. The molecule has 2 heterocycles. The molecule has 7 nitrogen and oxygen atoms in total. The quantitative estimate of drug-likeness (QED) is 0.518. The zero-order chi connectivity index (χ0) is 20.4. The van der Waals surface area contributed by atoms with Gasteiger partial charge in [0, 0.05) is 23.7 Å². The molecule has 0 saturated heterocycles. The maximum atomic E-state index is 5.61. The molecule has 29 heavy (non-hydrogen) atoms. The number of hydrogen-bond acceptors (Lipinski definition) is 7. The van der Waals surface area contributed by atoms with E-state index in [0.717, 1.165) is 22.6 Å². The fourth-order valence-electron chi connectivity index (χ4n) is 3.14. The van der Waals surface area contributed by atoms with Crippen LogP contribution in [0.4, 0.5) is 5.82 Å². The molecular weight excluding hydrogens is 368 g/mol. The van der Waals surface area contributed by atoms with E-state index in [4.69, 9.17) is 14.0 Å². The van der Waals surface area contributed by atoms with Crippen molar-refractivity contribution >= 4 is 16.9 Å². The van der Waals surface area contributed by atoms with Gasteiger partial charge in [-0.1, -0.05) is 35.0 Å². The van der Waals surface area contributed by atoms with Crippen LogP contribution in [-0.4, -0.2) is 29.3 Å². The fourth-order valence-corrected chi connectivity index (χ4v) is 3.14. The Morgan fingerprint density at radius 2 is 1.76 bits per heavy atom. The molecule has 0 radical (unpaired) electrons. The first-order valence-electron chi connectivity index (χ1n) is 9.25. The van der Waals surface area contributed by atoms with Crippen molar-refractivity contribution in [1.82, 2.24) is 15.1 Å². The number of methoxy groups -OCH3 is 2. The molecule has 0 amide bonds. The summed E-state index contributed by atoms with van der Waals surface area (Å²) in [5, 5.41) is 7.57. The third-order valence-corrected chi connectivity index (χ3v) is 4.70. The van der Waals surface area contributed by atoms with E-state index >= 15 is 0 Å². The molecule has 0 spiro atoms. The third-order valence-electron chi connectivity index (χ3n) is 4.70. The van der Waals surface area contributed by atoms with Crippen LogP contribution in [0.2, 0.25) is 0 Å². The molecule has 1 N–H and O–H groups in total. The molecule has 7 heteroatoms. The zero-order valence-electron chi connectivity index (χ0n) is 16.8. The van der Waals surface area contributed by atoms with E-state index in [1.807, 2.05) is 56.3 Å². The standard InChI is InChI=1S/C22H22N4O3/c1-13-5-7-15(8-6-13)19-20-21(29-26-19)22(25-14(2)24-20)23-12-16-9-10-17(27-3)11-18(16)28-4/h5-11H,12H2,1-4H3,(H,23,24,25). The van der Waals surface area contributed by atoms with Gasteiger partial charge in [0.25, 0.3) is 0 Å². The lowest BCUT2D eigenvalue weighted by Gasteiger charge is -2.12. The van der Waals surface area contributed by atoms with Gasteiger partial charge < -0.3 is 19.3 Å². The van der Waals surface area contributed by atoms with Crippen LogP contribution in [0.5, 0.6) is 11.5 Å². The number of aryl methyl sites for hydroxylation is 2. The topological polar surface area (TPSA) is 82.3 Å². The van der Waals surface area contributed by atoms with E-state index in [-0.39, 0.29) is 0 Å². The van der Waals surface area contributed by atoms with Gasteiger partial charge in [-0.3, -0.25) is 0 Å². The number of hydrogen-bond donors (Lipinski definition) is 1. The Morgan fingerprint density at radius 3 is 2.48 bits per heavy atom. The normalized spacial score (nSPS) is 10.9. The van der Waals surface area contributed by atoms with Crippen LogP contribution in [0.1, 0.15) is 17.0 Å². The number of ether oxygens (including phenoxy) is 2. The van der Waals surface area contributed by atoms with Gasteiger partial charge >= 0.3 is 0 Å². The number of benzene rings is 2.